The zero-order valence-corrected chi connectivity index (χ0v) is 21.8. The quantitative estimate of drug-likeness (QED) is 0.300. The first-order valence-electron chi connectivity index (χ1n) is 12.2. The second-order valence-electron chi connectivity index (χ2n) is 9.29. The molecule has 14 nitrogen and oxygen atoms in total. The molecule has 3 aromatic heterocycles. The van der Waals surface area contributed by atoms with Crippen molar-refractivity contribution in [2.75, 3.05) is 6.54 Å². The summed E-state index contributed by atoms with van der Waals surface area (Å²) >= 11 is 0. The van der Waals surface area contributed by atoms with E-state index in [2.05, 4.69) is 15.2 Å². The molecular formula is C24H26F3N5O9. The summed E-state index contributed by atoms with van der Waals surface area (Å²) in [5.74, 6) is -5.26. The number of carboxylic acids is 3. The van der Waals surface area contributed by atoms with Gasteiger partial charge in [-0.15, -0.1) is 0 Å². The van der Waals surface area contributed by atoms with E-state index in [1.165, 1.54) is 12.1 Å². The Morgan fingerprint density at radius 1 is 1.07 bits per heavy atom. The van der Waals surface area contributed by atoms with Crippen LogP contribution in [0, 0.1) is 6.92 Å². The highest BCUT2D eigenvalue weighted by Crippen LogP contribution is 2.35. The Hall–Kier alpha value is -4.54. The SMILES string of the molecule is CCc1cc(C(F)(F)F)n2nc(C3CCCN3C(=O)c3cc(C)no3)cc2n1.O=C(O)CC(O)(CC(=O)O)C(=O)O. The summed E-state index contributed by atoms with van der Waals surface area (Å²) in [5, 5.41) is 41.7. The normalized spacial score (nSPS) is 15.5. The number of amides is 1. The van der Waals surface area contributed by atoms with Crippen molar-refractivity contribution in [2.24, 2.45) is 0 Å². The van der Waals surface area contributed by atoms with Crippen LogP contribution in [0.15, 0.2) is 22.7 Å². The average molecular weight is 585 g/mol. The van der Waals surface area contributed by atoms with E-state index in [1.54, 1.807) is 18.7 Å². The van der Waals surface area contributed by atoms with Gasteiger partial charge in [0.05, 0.1) is 30.3 Å². The Morgan fingerprint density at radius 3 is 2.20 bits per heavy atom. The van der Waals surface area contributed by atoms with E-state index < -0.39 is 54.3 Å². The molecule has 1 aliphatic heterocycles. The van der Waals surface area contributed by atoms with Crippen LogP contribution in [0.5, 0.6) is 0 Å². The number of hydrogen-bond acceptors (Lipinski definition) is 9. The van der Waals surface area contributed by atoms with Gasteiger partial charge in [0, 0.05) is 24.4 Å². The molecule has 222 valence electrons. The van der Waals surface area contributed by atoms with Crippen LogP contribution in [0.3, 0.4) is 0 Å². The number of alkyl halides is 3. The number of hydrogen-bond donors (Lipinski definition) is 4. The van der Waals surface area contributed by atoms with Crippen molar-refractivity contribution in [3.05, 3.63) is 46.7 Å². The number of aryl methyl sites for hydroxylation is 2. The van der Waals surface area contributed by atoms with E-state index in [-0.39, 0.29) is 17.3 Å². The number of rotatable bonds is 8. The van der Waals surface area contributed by atoms with Gasteiger partial charge in [0.2, 0.25) is 5.76 Å². The Labute approximate surface area is 229 Å². The Kier molecular flexibility index (Phi) is 9.00. The molecule has 17 heteroatoms. The van der Waals surface area contributed by atoms with Crippen molar-refractivity contribution in [2.45, 2.75) is 63.8 Å². The van der Waals surface area contributed by atoms with Crippen molar-refractivity contribution >= 4 is 29.5 Å². The fourth-order valence-electron chi connectivity index (χ4n) is 4.23. The third-order valence-electron chi connectivity index (χ3n) is 6.13. The van der Waals surface area contributed by atoms with Gasteiger partial charge in [0.25, 0.3) is 5.91 Å². The number of aliphatic carboxylic acids is 3. The van der Waals surface area contributed by atoms with Gasteiger partial charge in [-0.25, -0.2) is 14.3 Å². The van der Waals surface area contributed by atoms with E-state index >= 15 is 0 Å². The van der Waals surface area contributed by atoms with Crippen molar-refractivity contribution in [3.8, 4) is 0 Å². The molecule has 3 aromatic rings. The molecule has 4 N–H and O–H groups in total. The molecule has 0 aromatic carbocycles. The Bertz CT molecular complexity index is 1450. The first-order chi connectivity index (χ1) is 19.1. The van der Waals surface area contributed by atoms with Crippen LogP contribution in [-0.2, 0) is 27.0 Å². The summed E-state index contributed by atoms with van der Waals surface area (Å²) in [6.45, 7) is 3.92. The van der Waals surface area contributed by atoms with Crippen molar-refractivity contribution < 1.29 is 57.3 Å². The second kappa shape index (κ2) is 11.9. The van der Waals surface area contributed by atoms with Crippen molar-refractivity contribution in [1.82, 2.24) is 24.7 Å². The Balaban J connectivity index is 0.000000302. The van der Waals surface area contributed by atoms with Crippen LogP contribution in [0.25, 0.3) is 5.65 Å². The van der Waals surface area contributed by atoms with E-state index in [9.17, 15) is 32.3 Å². The number of halogens is 3. The van der Waals surface area contributed by atoms with Crippen molar-refractivity contribution in [3.63, 3.8) is 0 Å². The van der Waals surface area contributed by atoms with E-state index in [4.69, 9.17) is 24.9 Å². The van der Waals surface area contributed by atoms with Gasteiger partial charge in [-0.1, -0.05) is 12.1 Å². The summed E-state index contributed by atoms with van der Waals surface area (Å²) in [6, 6.07) is 3.64. The molecular weight excluding hydrogens is 559 g/mol. The van der Waals surface area contributed by atoms with Gasteiger partial charge in [0.15, 0.2) is 11.2 Å². The summed E-state index contributed by atoms with van der Waals surface area (Å²) in [7, 11) is 0. The standard InChI is InChI=1S/C18H18F3N5O2.C6H8O7/c1-3-11-8-15(18(19,20)21)26-16(22-11)9-12(23-26)13-5-4-6-25(13)17(27)14-7-10(2)24-28-14;7-3(8)1-6(13,5(11)12)2-4(9)10/h7-9,13H,3-6H2,1-2H3;13H,1-2H2,(H,7,8)(H,9,10)(H,11,12). The van der Waals surface area contributed by atoms with E-state index in [1.807, 2.05) is 0 Å². The van der Waals surface area contributed by atoms with Gasteiger partial charge < -0.3 is 29.8 Å². The minimum Gasteiger partial charge on any atom is -0.481 e. The van der Waals surface area contributed by atoms with E-state index in [0.717, 1.165) is 17.0 Å². The second-order valence-corrected chi connectivity index (χ2v) is 9.29. The third kappa shape index (κ3) is 7.16. The molecule has 1 fully saturated rings. The summed E-state index contributed by atoms with van der Waals surface area (Å²) in [4.78, 5) is 49.1. The molecule has 4 heterocycles. The third-order valence-corrected chi connectivity index (χ3v) is 6.13. The number of carbonyl (C=O) groups excluding carboxylic acids is 1. The lowest BCUT2D eigenvalue weighted by Gasteiger charge is -2.21. The first kappa shape index (κ1) is 31.0. The fourth-order valence-corrected chi connectivity index (χ4v) is 4.23. The fraction of sp³-hybridized carbons (Fsp3) is 0.458. The molecule has 1 amide bonds. The molecule has 0 spiro atoms. The van der Waals surface area contributed by atoms with Gasteiger partial charge >= 0.3 is 24.1 Å². The summed E-state index contributed by atoms with van der Waals surface area (Å²) in [6.07, 6.45) is -5.15. The summed E-state index contributed by atoms with van der Waals surface area (Å²) < 4.78 is 46.3. The highest BCUT2D eigenvalue weighted by molar-refractivity contribution is 5.92. The summed E-state index contributed by atoms with van der Waals surface area (Å²) in [5.41, 5.74) is -2.19. The highest BCUT2D eigenvalue weighted by Gasteiger charge is 2.41. The lowest BCUT2D eigenvalue weighted by Crippen LogP contribution is -2.42. The average Bonchev–Trinajstić information content (AvgIpc) is 3.60. The monoisotopic (exact) mass is 585 g/mol. The molecule has 4 rings (SSSR count). The minimum atomic E-state index is -4.56. The number of aromatic nitrogens is 4. The number of aliphatic hydroxyl groups is 1. The zero-order valence-electron chi connectivity index (χ0n) is 21.8. The Morgan fingerprint density at radius 2 is 1.71 bits per heavy atom. The molecule has 1 aliphatic rings. The lowest BCUT2D eigenvalue weighted by atomic mass is 9.96. The minimum absolute atomic E-state index is 0.107. The van der Waals surface area contributed by atoms with Crippen LogP contribution < -0.4 is 0 Å². The van der Waals surface area contributed by atoms with Crippen LogP contribution in [0.4, 0.5) is 13.2 Å². The number of nitrogens with zero attached hydrogens (tertiary/aromatic N) is 5. The molecule has 1 atom stereocenters. The lowest BCUT2D eigenvalue weighted by molar-refractivity contribution is -0.170. The molecule has 0 aliphatic carbocycles. The van der Waals surface area contributed by atoms with Gasteiger partial charge in [-0.2, -0.15) is 18.3 Å². The van der Waals surface area contributed by atoms with Gasteiger partial charge in [-0.3, -0.25) is 14.4 Å². The molecule has 0 saturated carbocycles. The van der Waals surface area contributed by atoms with Crippen LogP contribution in [0.1, 0.15) is 72.0 Å². The number of carbonyl (C=O) groups is 4. The highest BCUT2D eigenvalue weighted by atomic mass is 19.4. The molecule has 41 heavy (non-hydrogen) atoms. The maximum atomic E-state index is 13.5. The molecule has 1 unspecified atom stereocenters. The van der Waals surface area contributed by atoms with Gasteiger partial charge in [-0.05, 0) is 32.3 Å². The molecule has 0 radical (unpaired) electrons. The number of likely N-dealkylation sites (tertiary alicyclic amines) is 1. The molecule has 0 bridgehead atoms. The number of fused-ring (bicyclic) bond motifs is 1. The smallest absolute Gasteiger partial charge is 0.433 e. The van der Waals surface area contributed by atoms with E-state index in [0.29, 0.717) is 36.5 Å². The number of carboxylic acid groups (broad SMARTS) is 3. The molecule has 1 saturated heterocycles. The maximum absolute atomic E-state index is 13.5. The predicted octanol–water partition coefficient (Wildman–Crippen LogP) is 2.34. The zero-order chi connectivity index (χ0) is 30.7. The van der Waals surface area contributed by atoms with Crippen molar-refractivity contribution in [1.29, 1.82) is 0 Å². The first-order valence-corrected chi connectivity index (χ1v) is 12.2. The maximum Gasteiger partial charge on any atom is 0.433 e. The topological polar surface area (TPSA) is 209 Å². The predicted molar refractivity (Wildman–Crippen MR) is 129 cm³/mol. The van der Waals surface area contributed by atoms with Crippen LogP contribution >= 0.6 is 0 Å². The largest absolute Gasteiger partial charge is 0.481 e. The van der Waals surface area contributed by atoms with Gasteiger partial charge in [0.1, 0.15) is 5.69 Å². The van der Waals surface area contributed by atoms with Crippen LogP contribution in [-0.4, -0.2) is 81.0 Å². The van der Waals surface area contributed by atoms with Crippen LogP contribution in [0.2, 0.25) is 0 Å².